The summed E-state index contributed by atoms with van der Waals surface area (Å²) in [6, 6.07) is 7.37. The van der Waals surface area contributed by atoms with Gasteiger partial charge in [-0.1, -0.05) is 24.3 Å². The molecule has 2 fully saturated rings. The van der Waals surface area contributed by atoms with Crippen molar-refractivity contribution in [1.82, 2.24) is 15.1 Å². The largest absolute Gasteiger partial charge is 0.381 e. The third-order valence-electron chi connectivity index (χ3n) is 6.70. The first-order valence-corrected chi connectivity index (χ1v) is 12.1. The molecule has 0 aromatic heterocycles. The maximum absolute atomic E-state index is 15.7. The molecule has 2 saturated heterocycles. The number of nitrogens with zero attached hydrogens (tertiary/aromatic N) is 2. The summed E-state index contributed by atoms with van der Waals surface area (Å²) < 4.78 is 47.6. The summed E-state index contributed by atoms with van der Waals surface area (Å²) in [7, 11) is 0. The van der Waals surface area contributed by atoms with Crippen LogP contribution in [0.25, 0.3) is 0 Å². The highest BCUT2D eigenvalue weighted by Crippen LogP contribution is 2.32. The predicted octanol–water partition coefficient (Wildman–Crippen LogP) is 2.81. The topological polar surface area (TPSA) is 91.0 Å². The van der Waals surface area contributed by atoms with Crippen molar-refractivity contribution in [3.8, 4) is 0 Å². The molecule has 2 N–H and O–H groups in total. The lowest BCUT2D eigenvalue weighted by Gasteiger charge is -2.35. The molecule has 0 spiro atoms. The summed E-state index contributed by atoms with van der Waals surface area (Å²) in [5, 5.41) is 4.89. The molecule has 2 aromatic rings. The molecule has 36 heavy (non-hydrogen) atoms. The molecule has 0 saturated carbocycles. The van der Waals surface area contributed by atoms with Crippen molar-refractivity contribution < 1.29 is 27.6 Å². The Kier molecular flexibility index (Phi) is 5.78. The number of rotatable bonds is 6. The number of anilines is 1. The van der Waals surface area contributed by atoms with Crippen molar-refractivity contribution in [2.45, 2.75) is 64.5 Å². The van der Waals surface area contributed by atoms with Crippen LogP contribution in [0.15, 0.2) is 36.4 Å². The lowest BCUT2D eigenvalue weighted by molar-refractivity contribution is -0.136. The van der Waals surface area contributed by atoms with Crippen molar-refractivity contribution in [1.29, 1.82) is 0 Å². The SMILES string of the molecule is [2H]C([2H])(Nc1cccc2c1CN(C1([2H])CCC(=O)NC1=O)C2=O)c1cccc(CN2CC(C)OC(C)C2)c1F. The predicted molar refractivity (Wildman–Crippen MR) is 131 cm³/mol. The zero-order valence-corrected chi connectivity index (χ0v) is 20.3. The Balaban J connectivity index is 1.39. The summed E-state index contributed by atoms with van der Waals surface area (Å²) in [5.41, 5.74) is 1.07. The fraction of sp³-hybridized carbons (Fsp3) is 0.444. The van der Waals surface area contributed by atoms with Gasteiger partial charge in [0, 0.05) is 67.0 Å². The summed E-state index contributed by atoms with van der Waals surface area (Å²) >= 11 is 0. The third-order valence-corrected chi connectivity index (χ3v) is 6.70. The van der Waals surface area contributed by atoms with Crippen LogP contribution in [0.4, 0.5) is 10.1 Å². The lowest BCUT2D eigenvalue weighted by Crippen LogP contribution is -2.52. The van der Waals surface area contributed by atoms with E-state index in [1.54, 1.807) is 30.3 Å². The highest BCUT2D eigenvalue weighted by atomic mass is 19.1. The molecule has 0 bridgehead atoms. The zero-order chi connectivity index (χ0) is 28.1. The number of morpholine rings is 1. The summed E-state index contributed by atoms with van der Waals surface area (Å²) in [4.78, 5) is 40.5. The van der Waals surface area contributed by atoms with Gasteiger partial charge >= 0.3 is 0 Å². The van der Waals surface area contributed by atoms with Crippen LogP contribution in [0, 0.1) is 5.82 Å². The molecule has 2 aromatic carbocycles. The highest BCUT2D eigenvalue weighted by Gasteiger charge is 2.39. The fourth-order valence-corrected chi connectivity index (χ4v) is 5.12. The van der Waals surface area contributed by atoms with E-state index in [1.165, 1.54) is 6.07 Å². The van der Waals surface area contributed by atoms with Crippen molar-refractivity contribution >= 4 is 23.4 Å². The molecule has 190 valence electrons. The van der Waals surface area contributed by atoms with E-state index < -0.39 is 36.1 Å². The molecule has 0 aliphatic carbocycles. The number of fused-ring (bicyclic) bond motifs is 1. The molecule has 8 nitrogen and oxygen atoms in total. The first kappa shape index (κ1) is 20.8. The second-order valence-corrected chi connectivity index (χ2v) is 9.53. The molecular formula is C27H31FN4O4. The molecule has 9 heteroatoms. The van der Waals surface area contributed by atoms with Gasteiger partial charge in [0.2, 0.25) is 11.8 Å². The summed E-state index contributed by atoms with van der Waals surface area (Å²) in [6.07, 6.45) is -0.183. The van der Waals surface area contributed by atoms with E-state index in [1.807, 2.05) is 13.8 Å². The van der Waals surface area contributed by atoms with Crippen molar-refractivity contribution in [3.05, 3.63) is 64.5 Å². The van der Waals surface area contributed by atoms with E-state index in [2.05, 4.69) is 15.5 Å². The van der Waals surface area contributed by atoms with Gasteiger partial charge in [0.25, 0.3) is 5.91 Å². The first-order chi connectivity index (χ1) is 18.4. The quantitative estimate of drug-likeness (QED) is 0.597. The monoisotopic (exact) mass is 497 g/mol. The minimum absolute atomic E-state index is 0.0126. The number of carbonyl (C=O) groups excluding carboxylic acids is 3. The molecule has 3 heterocycles. The lowest BCUT2D eigenvalue weighted by atomic mass is 10.0. The van der Waals surface area contributed by atoms with Crippen molar-refractivity contribution in [3.63, 3.8) is 0 Å². The number of hydrogen-bond donors (Lipinski definition) is 2. The minimum atomic E-state index is -2.34. The van der Waals surface area contributed by atoms with Gasteiger partial charge in [-0.15, -0.1) is 0 Å². The number of amides is 3. The normalized spacial score (nSPS) is 28.2. The van der Waals surface area contributed by atoms with E-state index in [4.69, 9.17) is 8.85 Å². The van der Waals surface area contributed by atoms with Gasteiger partial charge in [-0.05, 0) is 32.4 Å². The van der Waals surface area contributed by atoms with Gasteiger partial charge in [-0.25, -0.2) is 4.39 Å². The van der Waals surface area contributed by atoms with Crippen LogP contribution >= 0.6 is 0 Å². The van der Waals surface area contributed by atoms with Crippen LogP contribution < -0.4 is 10.6 Å². The van der Waals surface area contributed by atoms with Crippen LogP contribution in [-0.4, -0.2) is 58.8 Å². The Hall–Kier alpha value is -3.30. The van der Waals surface area contributed by atoms with E-state index in [-0.39, 0.29) is 48.4 Å². The standard InChI is InChI=1S/C27H31FN4O4/c1-16-12-31(13-17(2)36-16)14-19-6-3-5-18(25(19)28)11-29-22-8-4-7-20-21(22)15-32(27(20)35)23-9-10-24(33)30-26(23)34/h3-8,16-17,23,29H,9-15H2,1-2H3,(H,30,33,34)/i11D2,23D. The number of ether oxygens (including phenoxy) is 1. The molecule has 3 atom stereocenters. The Labute approximate surface area is 214 Å². The van der Waals surface area contributed by atoms with E-state index in [9.17, 15) is 14.4 Å². The number of imide groups is 1. The van der Waals surface area contributed by atoms with Crippen LogP contribution in [0.2, 0.25) is 0 Å². The smallest absolute Gasteiger partial charge is 0.255 e. The zero-order valence-electron chi connectivity index (χ0n) is 23.3. The number of halogens is 1. The Morgan fingerprint density at radius 1 is 1.14 bits per heavy atom. The first-order valence-electron chi connectivity index (χ1n) is 13.6. The van der Waals surface area contributed by atoms with E-state index in [0.717, 1.165) is 4.90 Å². The van der Waals surface area contributed by atoms with E-state index in [0.29, 0.717) is 30.8 Å². The molecule has 3 unspecified atom stereocenters. The Morgan fingerprint density at radius 2 is 1.86 bits per heavy atom. The van der Waals surface area contributed by atoms with Gasteiger partial charge in [-0.2, -0.15) is 0 Å². The molecule has 5 rings (SSSR count). The average Bonchev–Trinajstić information content (AvgIpc) is 3.20. The molecule has 3 aliphatic heterocycles. The number of piperidine rings is 1. The van der Waals surface area contributed by atoms with Crippen LogP contribution in [0.3, 0.4) is 0 Å². The maximum atomic E-state index is 15.7. The number of benzene rings is 2. The van der Waals surface area contributed by atoms with Crippen LogP contribution in [0.1, 0.15) is 57.8 Å². The highest BCUT2D eigenvalue weighted by molar-refractivity contribution is 6.06. The number of nitrogens with one attached hydrogen (secondary N) is 2. The maximum Gasteiger partial charge on any atom is 0.255 e. The average molecular weight is 498 g/mol. The second-order valence-electron chi connectivity index (χ2n) is 9.53. The Bertz CT molecular complexity index is 1330. The van der Waals surface area contributed by atoms with Crippen LogP contribution in [0.5, 0.6) is 0 Å². The molecule has 3 aliphatic rings. The molecular weight excluding hydrogens is 463 g/mol. The van der Waals surface area contributed by atoms with Crippen molar-refractivity contribution in [2.24, 2.45) is 0 Å². The van der Waals surface area contributed by atoms with Gasteiger partial charge in [0.15, 0.2) is 0 Å². The summed E-state index contributed by atoms with van der Waals surface area (Å²) in [6.45, 7) is 3.05. The number of hydrogen-bond acceptors (Lipinski definition) is 6. The van der Waals surface area contributed by atoms with Gasteiger partial charge in [0.1, 0.15) is 11.8 Å². The van der Waals surface area contributed by atoms with Crippen molar-refractivity contribution in [2.75, 3.05) is 18.4 Å². The number of carbonyl (C=O) groups is 3. The van der Waals surface area contributed by atoms with Gasteiger partial charge in [-0.3, -0.25) is 24.6 Å². The minimum Gasteiger partial charge on any atom is -0.381 e. The van der Waals surface area contributed by atoms with E-state index >= 15 is 4.39 Å². The summed E-state index contributed by atoms with van der Waals surface area (Å²) in [5.74, 6) is -2.58. The Morgan fingerprint density at radius 3 is 2.61 bits per heavy atom. The second kappa shape index (κ2) is 9.99. The fourth-order valence-electron chi connectivity index (χ4n) is 5.12. The van der Waals surface area contributed by atoms with Gasteiger partial charge in [0.05, 0.1) is 16.3 Å². The molecule has 3 amide bonds. The van der Waals surface area contributed by atoms with Crippen LogP contribution in [-0.2, 0) is 33.9 Å². The van der Waals surface area contributed by atoms with Gasteiger partial charge < -0.3 is 15.0 Å². The molecule has 0 radical (unpaired) electrons. The third kappa shape index (κ3) is 4.85.